The molecule has 0 unspecified atom stereocenters. The van der Waals surface area contributed by atoms with Crippen LogP contribution in [0.4, 0.5) is 5.13 Å². The first-order chi connectivity index (χ1) is 12.4. The number of aromatic nitrogens is 3. The Balaban J connectivity index is 1.60. The van der Waals surface area contributed by atoms with E-state index in [4.69, 9.17) is 0 Å². The van der Waals surface area contributed by atoms with Crippen molar-refractivity contribution in [2.45, 2.75) is 27.3 Å². The van der Waals surface area contributed by atoms with Crippen LogP contribution in [0.2, 0.25) is 0 Å². The highest BCUT2D eigenvalue weighted by molar-refractivity contribution is 7.22. The zero-order valence-corrected chi connectivity index (χ0v) is 16.1. The molecule has 1 aromatic carbocycles. The number of aryl methyl sites for hydroxylation is 3. The maximum absolute atomic E-state index is 12.7. The highest BCUT2D eigenvalue weighted by atomic mass is 32.1. The molecule has 4 rings (SSSR count). The molecule has 1 N–H and O–H groups in total. The predicted molar refractivity (Wildman–Crippen MR) is 106 cm³/mol. The zero-order chi connectivity index (χ0) is 18.4. The number of amides is 1. The van der Waals surface area contributed by atoms with Gasteiger partial charge in [-0.3, -0.25) is 14.2 Å². The topological polar surface area (TPSA) is 76.9 Å². The Bertz CT molecular complexity index is 1220. The minimum Gasteiger partial charge on any atom is -0.300 e. The van der Waals surface area contributed by atoms with E-state index in [0.717, 1.165) is 26.2 Å². The van der Waals surface area contributed by atoms with Crippen LogP contribution >= 0.6 is 22.7 Å². The highest BCUT2D eigenvalue weighted by Crippen LogP contribution is 2.28. The summed E-state index contributed by atoms with van der Waals surface area (Å²) in [5.74, 6) is -0.297. The lowest BCUT2D eigenvalue weighted by Gasteiger charge is -2.05. The maximum Gasteiger partial charge on any atom is 0.262 e. The van der Waals surface area contributed by atoms with Crippen LogP contribution in [0.1, 0.15) is 16.0 Å². The van der Waals surface area contributed by atoms with Crippen LogP contribution in [0.25, 0.3) is 20.4 Å². The molecule has 0 spiro atoms. The van der Waals surface area contributed by atoms with Crippen molar-refractivity contribution in [3.63, 3.8) is 0 Å². The molecule has 0 aliphatic rings. The molecule has 1 amide bonds. The third-order valence-corrected chi connectivity index (χ3v) is 6.39. The third-order valence-electron chi connectivity index (χ3n) is 4.34. The van der Waals surface area contributed by atoms with E-state index < -0.39 is 0 Å². The van der Waals surface area contributed by atoms with Crippen molar-refractivity contribution in [2.75, 3.05) is 5.32 Å². The van der Waals surface area contributed by atoms with Crippen molar-refractivity contribution in [3.8, 4) is 0 Å². The molecule has 3 heterocycles. The van der Waals surface area contributed by atoms with Crippen LogP contribution in [0.3, 0.4) is 0 Å². The minimum absolute atomic E-state index is 0.0922. The van der Waals surface area contributed by atoms with Gasteiger partial charge in [0.25, 0.3) is 5.56 Å². The van der Waals surface area contributed by atoms with Gasteiger partial charge < -0.3 is 5.32 Å². The van der Waals surface area contributed by atoms with E-state index in [2.05, 4.69) is 15.3 Å². The van der Waals surface area contributed by atoms with Crippen LogP contribution in [0.15, 0.2) is 29.3 Å². The van der Waals surface area contributed by atoms with Crippen LogP contribution in [0.5, 0.6) is 0 Å². The quantitative estimate of drug-likeness (QED) is 0.585. The molecule has 0 saturated carbocycles. The molecular formula is C18H16N4O2S2. The van der Waals surface area contributed by atoms with E-state index in [0.29, 0.717) is 15.3 Å². The normalized spacial score (nSPS) is 11.3. The average Bonchev–Trinajstić information content (AvgIpc) is 3.12. The Morgan fingerprint density at radius 3 is 2.81 bits per heavy atom. The number of hydrogen-bond acceptors (Lipinski definition) is 6. The van der Waals surface area contributed by atoms with E-state index in [-0.39, 0.29) is 18.0 Å². The molecule has 0 aliphatic heterocycles. The second-order valence-electron chi connectivity index (χ2n) is 6.13. The lowest BCUT2D eigenvalue weighted by molar-refractivity contribution is -0.116. The van der Waals surface area contributed by atoms with Gasteiger partial charge >= 0.3 is 0 Å². The molecule has 0 aliphatic carbocycles. The standard InChI is InChI=1S/C18H16N4O2S2/c1-9-5-4-6-12-15(9)21-18(26-12)20-13(23)7-22-8-19-16-14(17(22)24)10(2)11(3)25-16/h4-6,8H,7H2,1-3H3,(H,20,21,23). The van der Waals surface area contributed by atoms with Gasteiger partial charge in [0.05, 0.1) is 21.9 Å². The van der Waals surface area contributed by atoms with Crippen molar-refractivity contribution >= 4 is 54.1 Å². The van der Waals surface area contributed by atoms with E-state index in [1.165, 1.54) is 33.6 Å². The van der Waals surface area contributed by atoms with Crippen molar-refractivity contribution < 1.29 is 4.79 Å². The predicted octanol–water partition coefficient (Wildman–Crippen LogP) is 3.63. The summed E-state index contributed by atoms with van der Waals surface area (Å²) in [5, 5.41) is 3.91. The first-order valence-electron chi connectivity index (χ1n) is 8.05. The second-order valence-corrected chi connectivity index (χ2v) is 8.36. The van der Waals surface area contributed by atoms with Crippen molar-refractivity contribution in [2.24, 2.45) is 0 Å². The zero-order valence-electron chi connectivity index (χ0n) is 14.5. The third kappa shape index (κ3) is 2.81. The fourth-order valence-corrected chi connectivity index (χ4v) is 4.78. The maximum atomic E-state index is 12.7. The van der Waals surface area contributed by atoms with Crippen molar-refractivity contribution in [1.82, 2.24) is 14.5 Å². The molecule has 0 radical (unpaired) electrons. The highest BCUT2D eigenvalue weighted by Gasteiger charge is 2.15. The van der Waals surface area contributed by atoms with Gasteiger partial charge in [-0.05, 0) is 38.0 Å². The van der Waals surface area contributed by atoms with E-state index in [1.54, 1.807) is 0 Å². The summed E-state index contributed by atoms with van der Waals surface area (Å²) in [5.41, 5.74) is 2.69. The van der Waals surface area contributed by atoms with E-state index in [1.807, 2.05) is 39.0 Å². The molecule has 0 fully saturated rings. The summed E-state index contributed by atoms with van der Waals surface area (Å²) >= 11 is 2.91. The summed E-state index contributed by atoms with van der Waals surface area (Å²) in [4.78, 5) is 35.6. The summed E-state index contributed by atoms with van der Waals surface area (Å²) in [6, 6.07) is 5.92. The summed E-state index contributed by atoms with van der Waals surface area (Å²) in [6.45, 7) is 5.77. The smallest absolute Gasteiger partial charge is 0.262 e. The number of hydrogen-bond donors (Lipinski definition) is 1. The lowest BCUT2D eigenvalue weighted by atomic mass is 10.2. The number of fused-ring (bicyclic) bond motifs is 2. The number of rotatable bonds is 3. The van der Waals surface area contributed by atoms with Crippen LogP contribution in [0, 0.1) is 20.8 Å². The second kappa shape index (κ2) is 6.30. The monoisotopic (exact) mass is 384 g/mol. The van der Waals surface area contributed by atoms with Gasteiger partial charge in [-0.15, -0.1) is 11.3 Å². The number of thiophene rings is 1. The SMILES string of the molecule is Cc1sc2ncn(CC(=O)Nc3nc4c(C)cccc4s3)c(=O)c2c1C. The van der Waals surface area contributed by atoms with E-state index >= 15 is 0 Å². The first-order valence-corrected chi connectivity index (χ1v) is 9.68. The molecule has 8 heteroatoms. The largest absolute Gasteiger partial charge is 0.300 e. The molecule has 4 aromatic rings. The number of anilines is 1. The van der Waals surface area contributed by atoms with Gasteiger partial charge in [0.15, 0.2) is 5.13 Å². The number of carbonyl (C=O) groups is 1. The van der Waals surface area contributed by atoms with Gasteiger partial charge in [-0.1, -0.05) is 23.5 Å². The van der Waals surface area contributed by atoms with Crippen molar-refractivity contribution in [1.29, 1.82) is 0 Å². The van der Waals surface area contributed by atoms with Gasteiger partial charge in [-0.2, -0.15) is 0 Å². The number of para-hydroxylation sites is 1. The molecule has 3 aromatic heterocycles. The number of benzene rings is 1. The fourth-order valence-electron chi connectivity index (χ4n) is 2.84. The summed E-state index contributed by atoms with van der Waals surface area (Å²) in [6.07, 6.45) is 1.43. The van der Waals surface area contributed by atoms with Crippen LogP contribution < -0.4 is 10.9 Å². The van der Waals surface area contributed by atoms with Gasteiger partial charge in [0.2, 0.25) is 5.91 Å². The molecule has 26 heavy (non-hydrogen) atoms. The molecule has 6 nitrogen and oxygen atoms in total. The Morgan fingerprint density at radius 2 is 2.04 bits per heavy atom. The van der Waals surface area contributed by atoms with Crippen molar-refractivity contribution in [3.05, 3.63) is 50.9 Å². The summed E-state index contributed by atoms with van der Waals surface area (Å²) in [7, 11) is 0. The Kier molecular flexibility index (Phi) is 4.08. The Labute approximate surface area is 157 Å². The van der Waals surface area contributed by atoms with Gasteiger partial charge in [0.1, 0.15) is 11.4 Å². The molecule has 0 saturated heterocycles. The van der Waals surface area contributed by atoms with Crippen LogP contribution in [-0.2, 0) is 11.3 Å². The number of nitrogens with zero attached hydrogens (tertiary/aromatic N) is 3. The molecule has 0 bridgehead atoms. The summed E-state index contributed by atoms with van der Waals surface area (Å²) < 4.78 is 2.36. The first kappa shape index (κ1) is 16.9. The number of thiazole rings is 1. The Hall–Kier alpha value is -2.58. The number of carbonyl (C=O) groups excluding carboxylic acids is 1. The van der Waals surface area contributed by atoms with Gasteiger partial charge in [-0.25, -0.2) is 9.97 Å². The van der Waals surface area contributed by atoms with Gasteiger partial charge in [0, 0.05) is 4.88 Å². The minimum atomic E-state index is -0.297. The average molecular weight is 384 g/mol. The number of nitrogens with one attached hydrogen (secondary N) is 1. The molecule has 132 valence electrons. The molecule has 0 atom stereocenters. The van der Waals surface area contributed by atoms with E-state index in [9.17, 15) is 9.59 Å². The molecular weight excluding hydrogens is 368 g/mol. The van der Waals surface area contributed by atoms with Crippen LogP contribution in [-0.4, -0.2) is 20.4 Å². The lowest BCUT2D eigenvalue weighted by Crippen LogP contribution is -2.27. The Morgan fingerprint density at radius 1 is 1.23 bits per heavy atom. The fraction of sp³-hybridized carbons (Fsp3) is 0.222.